The van der Waals surface area contributed by atoms with Crippen molar-refractivity contribution in [2.45, 2.75) is 20.3 Å². The fourth-order valence-corrected chi connectivity index (χ4v) is 1.72. The van der Waals surface area contributed by atoms with E-state index < -0.39 is 0 Å². The third-order valence-corrected chi connectivity index (χ3v) is 2.64. The molecule has 2 N–H and O–H groups in total. The van der Waals surface area contributed by atoms with E-state index in [-0.39, 0.29) is 5.91 Å². The van der Waals surface area contributed by atoms with Crippen molar-refractivity contribution < 1.29 is 9.53 Å². The molecular weight excluding hydrogens is 216 g/mol. The van der Waals surface area contributed by atoms with Crippen molar-refractivity contribution in [2.24, 2.45) is 0 Å². The summed E-state index contributed by atoms with van der Waals surface area (Å²) >= 11 is 0. The number of hydrogen-bond donors (Lipinski definition) is 1. The summed E-state index contributed by atoms with van der Waals surface area (Å²) < 4.78 is 5.06. The lowest BCUT2D eigenvalue weighted by atomic mass is 10.1. The highest BCUT2D eigenvalue weighted by Gasteiger charge is 2.14. The van der Waals surface area contributed by atoms with Gasteiger partial charge in [-0.05, 0) is 31.5 Å². The summed E-state index contributed by atoms with van der Waals surface area (Å²) in [6.07, 6.45) is 0.950. The topological polar surface area (TPSA) is 55.6 Å². The van der Waals surface area contributed by atoms with Crippen molar-refractivity contribution in [1.82, 2.24) is 4.90 Å². The van der Waals surface area contributed by atoms with Crippen LogP contribution in [0.1, 0.15) is 30.6 Å². The molecule has 0 saturated heterocycles. The molecule has 1 aromatic rings. The monoisotopic (exact) mass is 236 g/mol. The van der Waals surface area contributed by atoms with Gasteiger partial charge in [0.15, 0.2) is 0 Å². The van der Waals surface area contributed by atoms with E-state index in [2.05, 4.69) is 6.92 Å². The average molecular weight is 236 g/mol. The van der Waals surface area contributed by atoms with Crippen molar-refractivity contribution in [3.8, 4) is 5.75 Å². The second-order valence-corrected chi connectivity index (χ2v) is 3.84. The Morgan fingerprint density at radius 2 is 2.12 bits per heavy atom. The molecule has 0 aliphatic carbocycles. The van der Waals surface area contributed by atoms with Crippen LogP contribution in [0.4, 0.5) is 5.69 Å². The van der Waals surface area contributed by atoms with Gasteiger partial charge in [-0.2, -0.15) is 0 Å². The van der Waals surface area contributed by atoms with Crippen molar-refractivity contribution in [3.63, 3.8) is 0 Å². The second kappa shape index (κ2) is 6.13. The minimum atomic E-state index is 0.0173. The van der Waals surface area contributed by atoms with Crippen LogP contribution >= 0.6 is 0 Å². The Morgan fingerprint density at radius 3 is 2.59 bits per heavy atom. The largest absolute Gasteiger partial charge is 0.495 e. The number of hydrogen-bond acceptors (Lipinski definition) is 3. The van der Waals surface area contributed by atoms with Crippen LogP contribution in [0, 0.1) is 0 Å². The van der Waals surface area contributed by atoms with Gasteiger partial charge in [-0.3, -0.25) is 4.79 Å². The third-order valence-electron chi connectivity index (χ3n) is 2.64. The van der Waals surface area contributed by atoms with E-state index in [9.17, 15) is 4.79 Å². The van der Waals surface area contributed by atoms with E-state index in [1.807, 2.05) is 6.92 Å². The van der Waals surface area contributed by atoms with Crippen LogP contribution in [0.25, 0.3) is 0 Å². The number of anilines is 1. The number of benzene rings is 1. The van der Waals surface area contributed by atoms with Crippen molar-refractivity contribution in [1.29, 1.82) is 0 Å². The molecular formula is C13H20N2O2. The highest BCUT2D eigenvalue weighted by atomic mass is 16.5. The van der Waals surface area contributed by atoms with E-state index in [4.69, 9.17) is 10.5 Å². The lowest BCUT2D eigenvalue weighted by Gasteiger charge is -2.20. The van der Waals surface area contributed by atoms with E-state index in [1.165, 1.54) is 0 Å². The Bertz CT molecular complexity index is 391. The third kappa shape index (κ3) is 3.12. The lowest BCUT2D eigenvalue weighted by Crippen LogP contribution is -2.31. The predicted octanol–water partition coefficient (Wildman–Crippen LogP) is 2.15. The fourth-order valence-electron chi connectivity index (χ4n) is 1.72. The van der Waals surface area contributed by atoms with Gasteiger partial charge in [0, 0.05) is 18.7 Å². The second-order valence-electron chi connectivity index (χ2n) is 3.84. The van der Waals surface area contributed by atoms with Crippen LogP contribution in [0.15, 0.2) is 18.2 Å². The number of carbonyl (C=O) groups excluding carboxylic acids is 1. The first-order chi connectivity index (χ1) is 8.13. The van der Waals surface area contributed by atoms with Gasteiger partial charge >= 0.3 is 0 Å². The van der Waals surface area contributed by atoms with Gasteiger partial charge in [0.2, 0.25) is 0 Å². The molecule has 4 nitrogen and oxygen atoms in total. The number of methoxy groups -OCH3 is 1. The molecule has 0 heterocycles. The maximum Gasteiger partial charge on any atom is 0.253 e. The quantitative estimate of drug-likeness (QED) is 0.797. The van der Waals surface area contributed by atoms with Crippen LogP contribution in [0.5, 0.6) is 5.75 Å². The molecule has 1 amide bonds. The Kier molecular flexibility index (Phi) is 4.82. The summed E-state index contributed by atoms with van der Waals surface area (Å²) in [5.74, 6) is 0.615. The standard InChI is InChI=1S/C13H20N2O2/c1-4-8-15(5-2)13(16)10-6-7-12(17-3)11(14)9-10/h6-7,9H,4-5,8,14H2,1-3H3. The van der Waals surface area contributed by atoms with Gasteiger partial charge in [0.1, 0.15) is 5.75 Å². The zero-order valence-electron chi connectivity index (χ0n) is 10.7. The van der Waals surface area contributed by atoms with Crippen LogP contribution in [-0.4, -0.2) is 31.0 Å². The van der Waals surface area contributed by atoms with Crippen LogP contribution in [0.2, 0.25) is 0 Å². The van der Waals surface area contributed by atoms with Gasteiger partial charge in [0.25, 0.3) is 5.91 Å². The van der Waals surface area contributed by atoms with E-state index in [0.29, 0.717) is 23.5 Å². The lowest BCUT2D eigenvalue weighted by molar-refractivity contribution is 0.0764. The molecule has 0 saturated carbocycles. The first-order valence-electron chi connectivity index (χ1n) is 5.86. The summed E-state index contributed by atoms with van der Waals surface area (Å²) in [7, 11) is 1.56. The maximum absolute atomic E-state index is 12.1. The molecule has 1 aromatic carbocycles. The first kappa shape index (κ1) is 13.4. The minimum Gasteiger partial charge on any atom is -0.495 e. The molecule has 4 heteroatoms. The highest BCUT2D eigenvalue weighted by Crippen LogP contribution is 2.22. The molecule has 0 fully saturated rings. The first-order valence-corrected chi connectivity index (χ1v) is 5.86. The molecule has 17 heavy (non-hydrogen) atoms. The number of ether oxygens (including phenoxy) is 1. The molecule has 0 atom stereocenters. The van der Waals surface area contributed by atoms with Gasteiger partial charge in [-0.15, -0.1) is 0 Å². The molecule has 0 spiro atoms. The number of nitrogen functional groups attached to an aromatic ring is 1. The molecule has 0 radical (unpaired) electrons. The van der Waals surface area contributed by atoms with Crippen molar-refractivity contribution in [2.75, 3.05) is 25.9 Å². The Hall–Kier alpha value is -1.71. The van der Waals surface area contributed by atoms with Crippen LogP contribution in [0.3, 0.4) is 0 Å². The Labute approximate surface area is 102 Å². The zero-order valence-corrected chi connectivity index (χ0v) is 10.7. The summed E-state index contributed by atoms with van der Waals surface area (Å²) in [5, 5.41) is 0. The van der Waals surface area contributed by atoms with E-state index in [1.54, 1.807) is 30.2 Å². The van der Waals surface area contributed by atoms with Crippen molar-refractivity contribution in [3.05, 3.63) is 23.8 Å². The smallest absolute Gasteiger partial charge is 0.253 e. The fraction of sp³-hybridized carbons (Fsp3) is 0.462. The highest BCUT2D eigenvalue weighted by molar-refractivity contribution is 5.95. The van der Waals surface area contributed by atoms with Gasteiger partial charge < -0.3 is 15.4 Å². The predicted molar refractivity (Wildman–Crippen MR) is 69.3 cm³/mol. The molecule has 1 rings (SSSR count). The normalized spacial score (nSPS) is 10.1. The number of rotatable bonds is 5. The number of nitrogens with zero attached hydrogens (tertiary/aromatic N) is 1. The molecule has 0 aliphatic heterocycles. The maximum atomic E-state index is 12.1. The van der Waals surface area contributed by atoms with Crippen LogP contribution in [-0.2, 0) is 0 Å². The zero-order chi connectivity index (χ0) is 12.8. The number of amides is 1. The Balaban J connectivity index is 2.92. The van der Waals surface area contributed by atoms with Gasteiger partial charge in [-0.1, -0.05) is 6.92 Å². The minimum absolute atomic E-state index is 0.0173. The molecule has 94 valence electrons. The Morgan fingerprint density at radius 1 is 1.41 bits per heavy atom. The SMILES string of the molecule is CCCN(CC)C(=O)c1ccc(OC)c(N)c1. The molecule has 0 unspecified atom stereocenters. The van der Waals surface area contributed by atoms with E-state index in [0.717, 1.165) is 13.0 Å². The van der Waals surface area contributed by atoms with Crippen molar-refractivity contribution >= 4 is 11.6 Å². The number of carbonyl (C=O) groups is 1. The van der Waals surface area contributed by atoms with Crippen LogP contribution < -0.4 is 10.5 Å². The molecule has 0 aromatic heterocycles. The summed E-state index contributed by atoms with van der Waals surface area (Å²) in [5.41, 5.74) is 6.89. The molecule has 0 aliphatic rings. The van der Waals surface area contributed by atoms with Gasteiger partial charge in [-0.25, -0.2) is 0 Å². The van der Waals surface area contributed by atoms with E-state index >= 15 is 0 Å². The average Bonchev–Trinajstić information content (AvgIpc) is 2.35. The summed E-state index contributed by atoms with van der Waals surface area (Å²) in [6, 6.07) is 5.14. The summed E-state index contributed by atoms with van der Waals surface area (Å²) in [6.45, 7) is 5.50. The van der Waals surface area contributed by atoms with Gasteiger partial charge in [0.05, 0.1) is 12.8 Å². The molecule has 0 bridgehead atoms. The summed E-state index contributed by atoms with van der Waals surface area (Å²) in [4.78, 5) is 14.0. The number of nitrogens with two attached hydrogens (primary N) is 1.